The number of fused-ring (bicyclic) bond motifs is 32. The lowest BCUT2D eigenvalue weighted by molar-refractivity contribution is -0.660. The number of furan rings is 5. The number of hydrogen-bond donors (Lipinski definition) is 0. The van der Waals surface area contributed by atoms with E-state index >= 15 is 0 Å². The molecular formula is C135H115N10O5+5. The third-order valence-corrected chi connectivity index (χ3v) is 33.4. The van der Waals surface area contributed by atoms with Crippen LogP contribution < -0.4 is 22.8 Å². The fraction of sp³-hybridized carbons (Fsp3) is 0.185. The van der Waals surface area contributed by atoms with Crippen molar-refractivity contribution >= 4 is 110 Å². The van der Waals surface area contributed by atoms with Crippen LogP contribution in [0.1, 0.15) is 153 Å². The average molecular weight is 1960 g/mol. The van der Waals surface area contributed by atoms with Crippen LogP contribution in [0.25, 0.3) is 222 Å². The smallest absolute Gasteiger partial charge is 0.227 e. The van der Waals surface area contributed by atoms with E-state index in [9.17, 15) is 0 Å². The highest BCUT2D eigenvalue weighted by Gasteiger charge is 2.45. The van der Waals surface area contributed by atoms with Gasteiger partial charge in [0.2, 0.25) is 34.2 Å². The van der Waals surface area contributed by atoms with Crippen molar-refractivity contribution in [1.82, 2.24) is 24.9 Å². The van der Waals surface area contributed by atoms with Gasteiger partial charge in [-0.25, -0.2) is 27.8 Å². The number of nitrogens with zero attached hydrogens (tertiary/aromatic N) is 10. The second-order valence-electron chi connectivity index (χ2n) is 44.2. The van der Waals surface area contributed by atoms with Crippen LogP contribution in [0.4, 0.5) is 0 Å². The molecule has 5 aliphatic carbocycles. The van der Waals surface area contributed by atoms with E-state index in [-0.39, 0.29) is 27.1 Å². The molecule has 15 heterocycles. The molecule has 150 heavy (non-hydrogen) atoms. The van der Waals surface area contributed by atoms with E-state index < -0.39 is 0 Å². The Bertz CT molecular complexity index is 9750. The van der Waals surface area contributed by atoms with Crippen LogP contribution in [-0.2, 0) is 62.3 Å². The van der Waals surface area contributed by atoms with Crippen molar-refractivity contribution in [2.45, 2.75) is 131 Å². The summed E-state index contributed by atoms with van der Waals surface area (Å²) in [4.78, 5) is 24.1. The van der Waals surface area contributed by atoms with Crippen LogP contribution in [0.5, 0.6) is 0 Å². The minimum Gasteiger partial charge on any atom is -0.455 e. The minimum atomic E-state index is -0.202. The maximum absolute atomic E-state index is 6.74. The third kappa shape index (κ3) is 13.8. The standard InChI is InChI=1S/5C27H23N2O/c1-16-10-11-18-19-13-12-17-20-8-7-14-28-26(20)27(2,3)23(17)25(19)30-24(18)22(16)21-9-5-6-15-29(21)4;1-16-10-11-17-20-14-21-19(18-8-7-12-28-26(18)27(21,2)3)15-23(20)30-25(17)24(16)22-9-5-6-13-29(22)4;1-16-10-11-17-20-14-19-18-8-7-12-28-26(18)27(2,3)21(19)15-23(20)30-25(17)24(16)22-9-5-6-13-29(22)4;1-16-12-13-17-19-15-21-24(18-9-5-6-10-20(18)27(21,2)3)28-26(19)30-25(17)23(16)22-11-7-8-14-29(22)4;1-16-12-13-18-24-26(30-25(18)22(16)21-11-7-8-14-29(21)4)23-17-9-5-6-10-19(17)27(2,3)20(23)15-28-24/h5*5-15H,1-4H3/q5*+1. The molecule has 0 radical (unpaired) electrons. The summed E-state index contributed by atoms with van der Waals surface area (Å²) >= 11 is 0. The molecule has 0 unspecified atom stereocenters. The Morgan fingerprint density at radius 3 is 1.06 bits per heavy atom. The highest BCUT2D eigenvalue weighted by molar-refractivity contribution is 6.17. The quantitative estimate of drug-likeness (QED) is 0.152. The Morgan fingerprint density at radius 1 is 0.227 bits per heavy atom. The number of pyridine rings is 10. The molecule has 15 heteroatoms. The molecule has 0 fully saturated rings. The average Bonchev–Trinajstić information content (AvgIpc) is 1.57. The second-order valence-corrected chi connectivity index (χ2v) is 44.2. The van der Waals surface area contributed by atoms with E-state index in [2.05, 4.69) is 448 Å². The van der Waals surface area contributed by atoms with Gasteiger partial charge in [0.25, 0.3) is 0 Å². The molecule has 10 aromatic carbocycles. The number of hydrogen-bond acceptors (Lipinski definition) is 10. The Morgan fingerprint density at radius 2 is 0.573 bits per heavy atom. The highest BCUT2D eigenvalue weighted by Crippen LogP contribution is 2.59. The first-order valence-corrected chi connectivity index (χ1v) is 51.9. The fourth-order valence-corrected chi connectivity index (χ4v) is 25.5. The normalized spacial score (nSPS) is 14.3. The van der Waals surface area contributed by atoms with Crippen molar-refractivity contribution < 1.29 is 44.9 Å². The Balaban J connectivity index is 0.0000000945. The zero-order chi connectivity index (χ0) is 103. The predicted molar refractivity (Wildman–Crippen MR) is 602 cm³/mol. The van der Waals surface area contributed by atoms with Crippen LogP contribution in [0.3, 0.4) is 0 Å². The summed E-state index contributed by atoms with van der Waals surface area (Å²) in [6, 6.07) is 98.9. The molecule has 0 amide bonds. The van der Waals surface area contributed by atoms with E-state index in [1.54, 1.807) is 0 Å². The van der Waals surface area contributed by atoms with Gasteiger partial charge >= 0.3 is 0 Å². The molecule has 0 atom stereocenters. The van der Waals surface area contributed by atoms with E-state index in [1.807, 2.05) is 48.9 Å². The summed E-state index contributed by atoms with van der Waals surface area (Å²) in [5, 5.41) is 10.3. The lowest BCUT2D eigenvalue weighted by atomic mass is 9.82. The molecule has 0 aliphatic heterocycles. The van der Waals surface area contributed by atoms with Crippen molar-refractivity contribution in [3.8, 4) is 112 Å². The molecule has 25 aromatic rings. The number of aromatic nitrogens is 10. The van der Waals surface area contributed by atoms with Gasteiger partial charge in [-0.15, -0.1) is 0 Å². The maximum atomic E-state index is 6.74. The fourth-order valence-electron chi connectivity index (χ4n) is 25.5. The number of benzene rings is 10. The van der Waals surface area contributed by atoms with Gasteiger partial charge in [-0.2, -0.15) is 0 Å². The molecule has 0 saturated heterocycles. The molecule has 15 aromatic heterocycles. The van der Waals surface area contributed by atoms with E-state index in [1.165, 1.54) is 128 Å². The second kappa shape index (κ2) is 33.9. The van der Waals surface area contributed by atoms with Gasteiger partial charge in [0.1, 0.15) is 74.3 Å². The van der Waals surface area contributed by atoms with Gasteiger partial charge in [0.05, 0.1) is 50.6 Å². The molecule has 30 rings (SSSR count). The summed E-state index contributed by atoms with van der Waals surface area (Å²) in [6.07, 6.45) is 18.1. The van der Waals surface area contributed by atoms with Crippen LogP contribution in [0, 0.1) is 34.6 Å². The van der Waals surface area contributed by atoms with E-state index in [4.69, 9.17) is 47.0 Å². The first kappa shape index (κ1) is 92.6. The molecular weight excluding hydrogens is 1840 g/mol. The van der Waals surface area contributed by atoms with Gasteiger partial charge < -0.3 is 22.1 Å². The van der Waals surface area contributed by atoms with Crippen LogP contribution in [0.15, 0.2) is 357 Å². The Labute approximate surface area is 870 Å². The molecule has 5 aliphatic rings. The molecule has 15 nitrogen and oxygen atoms in total. The predicted octanol–water partition coefficient (Wildman–Crippen LogP) is 30.4. The third-order valence-electron chi connectivity index (χ3n) is 33.4. The summed E-state index contributed by atoms with van der Waals surface area (Å²) in [5.74, 6) is 0. The van der Waals surface area contributed by atoms with Crippen molar-refractivity contribution in [3.05, 3.63) is 419 Å². The zero-order valence-corrected chi connectivity index (χ0v) is 88.3. The Hall–Kier alpha value is -17.3. The van der Waals surface area contributed by atoms with Gasteiger partial charge in [0.15, 0.2) is 47.7 Å². The lowest BCUT2D eigenvalue weighted by Crippen LogP contribution is -2.30. The number of rotatable bonds is 5. The zero-order valence-electron chi connectivity index (χ0n) is 88.3. The Kier molecular flexibility index (Phi) is 20.9. The lowest BCUT2D eigenvalue weighted by Gasteiger charge is -2.20. The maximum Gasteiger partial charge on any atom is 0.227 e. The van der Waals surface area contributed by atoms with Gasteiger partial charge in [-0.05, 0) is 223 Å². The highest BCUT2D eigenvalue weighted by atomic mass is 16.3. The minimum absolute atomic E-state index is 0.0733. The number of aryl methyl sites for hydroxylation is 10. The van der Waals surface area contributed by atoms with Crippen molar-refractivity contribution in [3.63, 3.8) is 0 Å². The van der Waals surface area contributed by atoms with Crippen LogP contribution in [0.2, 0.25) is 0 Å². The first-order valence-electron chi connectivity index (χ1n) is 51.9. The summed E-state index contributed by atoms with van der Waals surface area (Å²) in [5.41, 5.74) is 51.5. The summed E-state index contributed by atoms with van der Waals surface area (Å²) < 4.78 is 43.7. The molecule has 730 valence electrons. The summed E-state index contributed by atoms with van der Waals surface area (Å²) in [6.45, 7) is 33.4. The SMILES string of the molecule is Cc1ccc2c(oc3c4c(ccc32)-c2cccnc2C4(C)C)c1-c1cccc[n+]1C.Cc1ccc2c(oc3c4c(cnc32)C(C)(C)c2ccccc2-4)c1-c1cccc[n+]1C.Cc1ccc2c(oc3cc4c(cc32)-c2cccnc2C4(C)C)c1-c1cccc[n+]1C.Cc1ccc2c(oc3cc4c(cc32)C(C)(C)c2ncccc2-4)c1-c1cccc[n+]1C.Cc1ccc2c(oc3nc4c(cc32)C(C)(C)c2ccccc2-4)c1-c1cccc[n+]1C. The monoisotopic (exact) mass is 1960 g/mol. The van der Waals surface area contributed by atoms with E-state index in [0.717, 1.165) is 173 Å². The van der Waals surface area contributed by atoms with Crippen LogP contribution >= 0.6 is 0 Å². The largest absolute Gasteiger partial charge is 0.455 e. The topological polar surface area (TPSA) is 150 Å². The van der Waals surface area contributed by atoms with Gasteiger partial charge in [-0.3, -0.25) is 19.9 Å². The molecule has 0 N–H and O–H groups in total. The van der Waals surface area contributed by atoms with Crippen molar-refractivity contribution in [2.24, 2.45) is 35.2 Å². The molecule has 0 saturated carbocycles. The van der Waals surface area contributed by atoms with Crippen molar-refractivity contribution in [2.75, 3.05) is 0 Å². The first-order chi connectivity index (χ1) is 72.4. The van der Waals surface area contributed by atoms with Crippen molar-refractivity contribution in [1.29, 1.82) is 0 Å². The van der Waals surface area contributed by atoms with E-state index in [0.29, 0.717) is 5.71 Å². The van der Waals surface area contributed by atoms with Crippen LogP contribution in [-0.4, -0.2) is 24.9 Å². The molecule has 0 bridgehead atoms. The van der Waals surface area contributed by atoms with Gasteiger partial charge in [0, 0.05) is 194 Å². The molecule has 0 spiro atoms. The summed E-state index contributed by atoms with van der Waals surface area (Å²) in [7, 11) is 10.4. The van der Waals surface area contributed by atoms with Gasteiger partial charge in [-0.1, -0.05) is 183 Å².